The van der Waals surface area contributed by atoms with Gasteiger partial charge in [0.15, 0.2) is 0 Å². The van der Waals surface area contributed by atoms with Crippen LogP contribution < -0.4 is 5.32 Å². The fourth-order valence-corrected chi connectivity index (χ4v) is 2.54. The summed E-state index contributed by atoms with van der Waals surface area (Å²) in [6.07, 6.45) is 8.36. The zero-order valence-corrected chi connectivity index (χ0v) is 9.17. The quantitative estimate of drug-likeness (QED) is 0.787. The first kappa shape index (κ1) is 9.37. The maximum Gasteiger partial charge on any atom is 0.0595 e. The van der Waals surface area contributed by atoms with Crippen LogP contribution in [0.2, 0.25) is 5.02 Å². The molecule has 1 aliphatic heterocycles. The third-order valence-corrected chi connectivity index (χ3v) is 3.57. The fraction of sp³-hybridized carbons (Fsp3) is 0.417. The summed E-state index contributed by atoms with van der Waals surface area (Å²) >= 11 is 5.94. The number of nitrogens with zero attached hydrogens (tertiary/aromatic N) is 1. The van der Waals surface area contributed by atoms with Gasteiger partial charge in [0.1, 0.15) is 0 Å². The van der Waals surface area contributed by atoms with E-state index in [1.807, 2.05) is 12.3 Å². The molecular formula is C12H13ClN2. The maximum atomic E-state index is 5.94. The first-order chi connectivity index (χ1) is 7.33. The minimum atomic E-state index is 0.590. The lowest BCUT2D eigenvalue weighted by Gasteiger charge is -2.40. The SMILES string of the molecule is Clc1cncc(C2=C[C@H]3NC[C@H]3CC2)c1. The highest BCUT2D eigenvalue weighted by Gasteiger charge is 2.31. The molecular weight excluding hydrogens is 208 g/mol. The second-order valence-corrected chi connectivity index (χ2v) is 4.75. The van der Waals surface area contributed by atoms with Crippen LogP contribution in [0.4, 0.5) is 0 Å². The molecule has 1 aliphatic carbocycles. The smallest absolute Gasteiger partial charge is 0.0595 e. The highest BCUT2D eigenvalue weighted by atomic mass is 35.5. The Morgan fingerprint density at radius 1 is 1.40 bits per heavy atom. The van der Waals surface area contributed by atoms with Crippen molar-refractivity contribution in [2.24, 2.45) is 5.92 Å². The molecule has 2 heterocycles. The Balaban J connectivity index is 1.91. The zero-order valence-electron chi connectivity index (χ0n) is 8.41. The maximum absolute atomic E-state index is 5.94. The van der Waals surface area contributed by atoms with Gasteiger partial charge in [-0.05, 0) is 36.0 Å². The van der Waals surface area contributed by atoms with Crippen molar-refractivity contribution in [3.8, 4) is 0 Å². The predicted molar refractivity (Wildman–Crippen MR) is 61.7 cm³/mol. The number of nitrogens with one attached hydrogen (secondary N) is 1. The van der Waals surface area contributed by atoms with E-state index in [0.717, 1.165) is 17.4 Å². The average molecular weight is 221 g/mol. The largest absolute Gasteiger partial charge is 0.310 e. The van der Waals surface area contributed by atoms with Crippen LogP contribution in [-0.4, -0.2) is 17.6 Å². The Morgan fingerprint density at radius 3 is 3.00 bits per heavy atom. The molecule has 3 rings (SSSR count). The van der Waals surface area contributed by atoms with Gasteiger partial charge in [-0.25, -0.2) is 0 Å². The van der Waals surface area contributed by atoms with Gasteiger partial charge in [0.2, 0.25) is 0 Å². The second-order valence-electron chi connectivity index (χ2n) is 4.32. The van der Waals surface area contributed by atoms with Crippen LogP contribution >= 0.6 is 11.6 Å². The molecule has 1 fully saturated rings. The molecule has 15 heavy (non-hydrogen) atoms. The van der Waals surface area contributed by atoms with Crippen molar-refractivity contribution in [3.05, 3.63) is 35.1 Å². The van der Waals surface area contributed by atoms with Gasteiger partial charge in [0.05, 0.1) is 5.02 Å². The summed E-state index contributed by atoms with van der Waals surface area (Å²) < 4.78 is 0. The van der Waals surface area contributed by atoms with E-state index >= 15 is 0 Å². The summed E-state index contributed by atoms with van der Waals surface area (Å²) in [5.74, 6) is 0.862. The Labute approximate surface area is 94.4 Å². The Morgan fingerprint density at radius 2 is 2.33 bits per heavy atom. The first-order valence-electron chi connectivity index (χ1n) is 5.38. The molecule has 0 radical (unpaired) electrons. The van der Waals surface area contributed by atoms with Crippen LogP contribution in [0, 0.1) is 5.92 Å². The van der Waals surface area contributed by atoms with Crippen molar-refractivity contribution in [2.75, 3.05) is 6.54 Å². The number of pyridine rings is 1. The third kappa shape index (κ3) is 1.68. The van der Waals surface area contributed by atoms with Crippen molar-refractivity contribution < 1.29 is 0 Å². The van der Waals surface area contributed by atoms with E-state index in [1.54, 1.807) is 6.20 Å². The van der Waals surface area contributed by atoms with Crippen molar-refractivity contribution in [1.82, 2.24) is 10.3 Å². The highest BCUT2D eigenvalue weighted by Crippen LogP contribution is 2.34. The van der Waals surface area contributed by atoms with Crippen molar-refractivity contribution >= 4 is 17.2 Å². The molecule has 0 aromatic carbocycles. The average Bonchev–Trinajstić information content (AvgIpc) is 2.20. The summed E-state index contributed by atoms with van der Waals surface area (Å²) in [6, 6.07) is 2.59. The summed E-state index contributed by atoms with van der Waals surface area (Å²) in [5, 5.41) is 4.15. The van der Waals surface area contributed by atoms with Crippen molar-refractivity contribution in [3.63, 3.8) is 0 Å². The van der Waals surface area contributed by atoms with E-state index in [-0.39, 0.29) is 0 Å². The number of allylic oxidation sites excluding steroid dienone is 1. The van der Waals surface area contributed by atoms with Gasteiger partial charge < -0.3 is 5.32 Å². The minimum absolute atomic E-state index is 0.590. The van der Waals surface area contributed by atoms with Crippen LogP contribution in [0.5, 0.6) is 0 Å². The van der Waals surface area contributed by atoms with Crippen molar-refractivity contribution in [2.45, 2.75) is 18.9 Å². The lowest BCUT2D eigenvalue weighted by Crippen LogP contribution is -2.52. The topological polar surface area (TPSA) is 24.9 Å². The normalized spacial score (nSPS) is 29.0. The molecule has 2 nitrogen and oxygen atoms in total. The summed E-state index contributed by atoms with van der Waals surface area (Å²) in [5.41, 5.74) is 2.56. The van der Waals surface area contributed by atoms with Gasteiger partial charge in [-0.3, -0.25) is 4.98 Å². The number of hydrogen-bond acceptors (Lipinski definition) is 2. The van der Waals surface area contributed by atoms with E-state index in [9.17, 15) is 0 Å². The lowest BCUT2D eigenvalue weighted by molar-refractivity contribution is 0.256. The molecule has 3 heteroatoms. The molecule has 1 saturated heterocycles. The van der Waals surface area contributed by atoms with Crippen LogP contribution in [0.15, 0.2) is 24.5 Å². The molecule has 0 unspecified atom stereocenters. The van der Waals surface area contributed by atoms with E-state index in [1.165, 1.54) is 24.1 Å². The van der Waals surface area contributed by atoms with Gasteiger partial charge in [-0.2, -0.15) is 0 Å². The van der Waals surface area contributed by atoms with Crippen LogP contribution in [0.3, 0.4) is 0 Å². The molecule has 0 bridgehead atoms. The second kappa shape index (κ2) is 3.62. The monoisotopic (exact) mass is 220 g/mol. The lowest BCUT2D eigenvalue weighted by atomic mass is 9.79. The van der Waals surface area contributed by atoms with Gasteiger partial charge in [0, 0.05) is 25.0 Å². The summed E-state index contributed by atoms with van der Waals surface area (Å²) in [7, 11) is 0. The molecule has 1 aromatic heterocycles. The molecule has 0 saturated carbocycles. The van der Waals surface area contributed by atoms with Crippen LogP contribution in [-0.2, 0) is 0 Å². The third-order valence-electron chi connectivity index (χ3n) is 3.36. The number of rotatable bonds is 1. The predicted octanol–water partition coefficient (Wildman–Crippen LogP) is 2.50. The van der Waals surface area contributed by atoms with Gasteiger partial charge >= 0.3 is 0 Å². The molecule has 0 spiro atoms. The number of aromatic nitrogens is 1. The standard InChI is InChI=1S/C12H13ClN2/c13-11-3-10(5-14-7-11)8-1-2-9-6-15-12(9)4-8/h3-5,7,9,12,15H,1-2,6H2/t9-,12-/m1/s1. The Bertz CT molecular complexity index is 414. The Hall–Kier alpha value is -0.860. The first-order valence-corrected chi connectivity index (χ1v) is 5.76. The molecule has 0 amide bonds. The molecule has 78 valence electrons. The number of halogens is 1. The fourth-order valence-electron chi connectivity index (χ4n) is 2.37. The molecule has 2 atom stereocenters. The van der Waals surface area contributed by atoms with Gasteiger partial charge in [0.25, 0.3) is 0 Å². The summed E-state index contributed by atoms with van der Waals surface area (Å²) in [4.78, 5) is 4.13. The van der Waals surface area contributed by atoms with Crippen LogP contribution in [0.25, 0.3) is 5.57 Å². The van der Waals surface area contributed by atoms with E-state index in [2.05, 4.69) is 16.4 Å². The highest BCUT2D eigenvalue weighted by molar-refractivity contribution is 6.30. The number of hydrogen-bond donors (Lipinski definition) is 1. The van der Waals surface area contributed by atoms with Crippen LogP contribution in [0.1, 0.15) is 18.4 Å². The van der Waals surface area contributed by atoms with E-state index in [4.69, 9.17) is 11.6 Å². The minimum Gasteiger partial charge on any atom is -0.310 e. The van der Waals surface area contributed by atoms with E-state index < -0.39 is 0 Å². The zero-order chi connectivity index (χ0) is 10.3. The summed E-state index contributed by atoms with van der Waals surface area (Å²) in [6.45, 7) is 1.18. The number of fused-ring (bicyclic) bond motifs is 1. The van der Waals surface area contributed by atoms with Gasteiger partial charge in [-0.1, -0.05) is 17.7 Å². The molecule has 1 aromatic rings. The van der Waals surface area contributed by atoms with Crippen molar-refractivity contribution in [1.29, 1.82) is 0 Å². The van der Waals surface area contributed by atoms with E-state index in [0.29, 0.717) is 6.04 Å². The van der Waals surface area contributed by atoms with Gasteiger partial charge in [-0.15, -0.1) is 0 Å². The Kier molecular flexibility index (Phi) is 2.26. The molecule has 1 N–H and O–H groups in total. The molecule has 2 aliphatic rings.